The average Bonchev–Trinajstić information content (AvgIpc) is 2.60. The third-order valence-corrected chi connectivity index (χ3v) is 2.61. The highest BCUT2D eigenvalue weighted by molar-refractivity contribution is 7.71. The average molecular weight is 222 g/mol. The van der Waals surface area contributed by atoms with Gasteiger partial charge in [0.05, 0.1) is 5.69 Å². The van der Waals surface area contributed by atoms with Crippen LogP contribution in [0.25, 0.3) is 5.69 Å². The molecule has 0 aliphatic carbocycles. The highest BCUT2D eigenvalue weighted by atomic mass is 32.1. The van der Waals surface area contributed by atoms with Crippen molar-refractivity contribution >= 4 is 12.2 Å². The van der Waals surface area contributed by atoms with Crippen molar-refractivity contribution in [1.82, 2.24) is 9.55 Å². The Hall–Kier alpha value is -1.42. The first-order valence-corrected chi connectivity index (χ1v) is 5.19. The Morgan fingerprint density at radius 3 is 2.80 bits per heavy atom. The maximum atomic E-state index is 13.6. The van der Waals surface area contributed by atoms with Crippen LogP contribution < -0.4 is 0 Å². The van der Waals surface area contributed by atoms with Crippen molar-refractivity contribution in [3.63, 3.8) is 0 Å². The Morgan fingerprint density at radius 2 is 2.13 bits per heavy atom. The van der Waals surface area contributed by atoms with E-state index in [4.69, 9.17) is 12.2 Å². The molecule has 0 saturated heterocycles. The van der Waals surface area contributed by atoms with E-state index in [1.165, 1.54) is 6.07 Å². The summed E-state index contributed by atoms with van der Waals surface area (Å²) in [5, 5.41) is 0. The molecule has 2 aromatic rings. The van der Waals surface area contributed by atoms with Gasteiger partial charge in [-0.2, -0.15) is 0 Å². The van der Waals surface area contributed by atoms with Crippen molar-refractivity contribution < 1.29 is 4.39 Å². The quantitative estimate of drug-likeness (QED) is 0.774. The molecule has 0 unspecified atom stereocenters. The second-order valence-corrected chi connectivity index (χ2v) is 3.61. The summed E-state index contributed by atoms with van der Waals surface area (Å²) >= 11 is 5.12. The number of hydrogen-bond donors (Lipinski definition) is 1. The third-order valence-electron chi connectivity index (χ3n) is 2.31. The summed E-state index contributed by atoms with van der Waals surface area (Å²) in [6.45, 7) is 2.01. The second kappa shape index (κ2) is 3.98. The van der Waals surface area contributed by atoms with Crippen LogP contribution in [0.1, 0.15) is 12.6 Å². The summed E-state index contributed by atoms with van der Waals surface area (Å²) in [6.07, 6.45) is 2.62. The molecule has 1 heterocycles. The van der Waals surface area contributed by atoms with Crippen LogP contribution >= 0.6 is 12.2 Å². The van der Waals surface area contributed by atoms with Crippen LogP contribution in [0, 0.1) is 10.6 Å². The predicted octanol–water partition coefficient (Wildman–Crippen LogP) is 3.24. The molecule has 78 valence electrons. The van der Waals surface area contributed by atoms with Crippen LogP contribution in [0.5, 0.6) is 0 Å². The SMILES string of the molecule is CCc1c[nH]c(=S)n1-c1ccccc1F. The van der Waals surface area contributed by atoms with Gasteiger partial charge in [-0.25, -0.2) is 4.39 Å². The molecule has 0 atom stereocenters. The minimum Gasteiger partial charge on any atom is -0.337 e. The van der Waals surface area contributed by atoms with Crippen LogP contribution in [-0.4, -0.2) is 9.55 Å². The zero-order chi connectivity index (χ0) is 10.8. The van der Waals surface area contributed by atoms with E-state index in [1.807, 2.05) is 13.1 Å². The molecule has 1 N–H and O–H groups in total. The summed E-state index contributed by atoms with van der Waals surface area (Å²) in [4.78, 5) is 2.92. The highest BCUT2D eigenvalue weighted by Crippen LogP contribution is 2.16. The number of rotatable bonds is 2. The van der Waals surface area contributed by atoms with E-state index in [9.17, 15) is 4.39 Å². The molecule has 0 bridgehead atoms. The molecule has 2 nitrogen and oxygen atoms in total. The molecule has 0 radical (unpaired) electrons. The summed E-state index contributed by atoms with van der Waals surface area (Å²) in [7, 11) is 0. The minimum absolute atomic E-state index is 0.261. The number of hydrogen-bond acceptors (Lipinski definition) is 1. The standard InChI is InChI=1S/C11H11FN2S/c1-2-8-7-13-11(15)14(8)10-6-4-3-5-9(10)12/h3-7H,2H2,1H3,(H,13,15). The van der Waals surface area contributed by atoms with Gasteiger partial charge in [-0.15, -0.1) is 0 Å². The number of nitrogens with one attached hydrogen (secondary N) is 1. The normalized spacial score (nSPS) is 10.5. The lowest BCUT2D eigenvalue weighted by atomic mass is 10.3. The van der Waals surface area contributed by atoms with Crippen molar-refractivity contribution in [2.75, 3.05) is 0 Å². The van der Waals surface area contributed by atoms with E-state index in [0.29, 0.717) is 10.5 Å². The fraction of sp³-hybridized carbons (Fsp3) is 0.182. The summed E-state index contributed by atoms with van der Waals surface area (Å²) in [5.74, 6) is -0.261. The van der Waals surface area contributed by atoms with Crippen molar-refractivity contribution in [3.8, 4) is 5.69 Å². The van der Waals surface area contributed by atoms with Gasteiger partial charge in [0.1, 0.15) is 5.82 Å². The topological polar surface area (TPSA) is 20.7 Å². The van der Waals surface area contributed by atoms with Gasteiger partial charge < -0.3 is 4.98 Å². The van der Waals surface area contributed by atoms with Crippen LogP contribution in [-0.2, 0) is 6.42 Å². The molecule has 0 fully saturated rings. The molecule has 1 aromatic heterocycles. The van der Waals surface area contributed by atoms with E-state index in [0.717, 1.165) is 12.1 Å². The summed E-state index contributed by atoms with van der Waals surface area (Å²) < 4.78 is 15.8. The zero-order valence-electron chi connectivity index (χ0n) is 8.33. The number of nitrogens with zero attached hydrogens (tertiary/aromatic N) is 1. The molecule has 1 aromatic carbocycles. The van der Waals surface area contributed by atoms with Crippen LogP contribution in [0.2, 0.25) is 0 Å². The first-order valence-electron chi connectivity index (χ1n) is 4.78. The summed E-state index contributed by atoms with van der Waals surface area (Å²) in [6, 6.07) is 6.62. The van der Waals surface area contributed by atoms with E-state index >= 15 is 0 Å². The number of aromatic nitrogens is 2. The van der Waals surface area contributed by atoms with Gasteiger partial charge >= 0.3 is 0 Å². The smallest absolute Gasteiger partial charge is 0.182 e. The molecule has 15 heavy (non-hydrogen) atoms. The Balaban J connectivity index is 2.68. The molecule has 0 amide bonds. The second-order valence-electron chi connectivity index (χ2n) is 3.23. The third kappa shape index (κ3) is 1.72. The Kier molecular flexibility index (Phi) is 2.68. The lowest BCUT2D eigenvalue weighted by Gasteiger charge is -2.07. The maximum Gasteiger partial charge on any atom is 0.182 e. The fourth-order valence-corrected chi connectivity index (χ4v) is 1.84. The van der Waals surface area contributed by atoms with Crippen molar-refractivity contribution in [1.29, 1.82) is 0 Å². The molecule has 2 rings (SSSR count). The highest BCUT2D eigenvalue weighted by Gasteiger charge is 2.08. The Bertz CT molecular complexity index is 527. The number of imidazole rings is 1. The lowest BCUT2D eigenvalue weighted by molar-refractivity contribution is 0.615. The molecule has 0 aliphatic rings. The first-order chi connectivity index (χ1) is 7.24. The van der Waals surface area contributed by atoms with Gasteiger partial charge in [0.25, 0.3) is 0 Å². The molecule has 4 heteroatoms. The number of benzene rings is 1. The van der Waals surface area contributed by atoms with E-state index in [1.54, 1.807) is 22.8 Å². The number of aromatic amines is 1. The minimum atomic E-state index is -0.261. The first kappa shape index (κ1) is 10.1. The number of aryl methyl sites for hydroxylation is 1. The zero-order valence-corrected chi connectivity index (χ0v) is 9.14. The van der Waals surface area contributed by atoms with Gasteiger partial charge in [-0.1, -0.05) is 19.1 Å². The molecule has 0 aliphatic heterocycles. The number of halogens is 1. The van der Waals surface area contributed by atoms with Crippen LogP contribution in [0.15, 0.2) is 30.5 Å². The van der Waals surface area contributed by atoms with E-state index in [2.05, 4.69) is 4.98 Å². The monoisotopic (exact) mass is 222 g/mol. The Labute approximate surface area is 92.4 Å². The lowest BCUT2D eigenvalue weighted by Crippen LogP contribution is -2.01. The molecular formula is C11H11FN2S. The van der Waals surface area contributed by atoms with Gasteiger partial charge in [0, 0.05) is 11.9 Å². The number of para-hydroxylation sites is 1. The number of H-pyrrole nitrogens is 1. The fourth-order valence-electron chi connectivity index (χ4n) is 1.56. The van der Waals surface area contributed by atoms with Gasteiger partial charge in [0.15, 0.2) is 4.77 Å². The van der Waals surface area contributed by atoms with Crippen molar-refractivity contribution in [2.24, 2.45) is 0 Å². The van der Waals surface area contributed by atoms with Crippen LogP contribution in [0.4, 0.5) is 4.39 Å². The van der Waals surface area contributed by atoms with Gasteiger partial charge in [-0.05, 0) is 30.8 Å². The predicted molar refractivity (Wildman–Crippen MR) is 60.3 cm³/mol. The van der Waals surface area contributed by atoms with E-state index in [-0.39, 0.29) is 5.82 Å². The van der Waals surface area contributed by atoms with Crippen molar-refractivity contribution in [3.05, 3.63) is 46.7 Å². The molecule has 0 saturated carbocycles. The van der Waals surface area contributed by atoms with Crippen LogP contribution in [0.3, 0.4) is 0 Å². The Morgan fingerprint density at radius 1 is 1.40 bits per heavy atom. The molecule has 0 spiro atoms. The summed E-state index contributed by atoms with van der Waals surface area (Å²) in [5.41, 5.74) is 1.48. The van der Waals surface area contributed by atoms with E-state index < -0.39 is 0 Å². The maximum absolute atomic E-state index is 13.6. The van der Waals surface area contributed by atoms with Crippen molar-refractivity contribution in [2.45, 2.75) is 13.3 Å². The molecular weight excluding hydrogens is 211 g/mol. The van der Waals surface area contributed by atoms with Gasteiger partial charge in [-0.3, -0.25) is 4.57 Å². The largest absolute Gasteiger partial charge is 0.337 e. The van der Waals surface area contributed by atoms with Gasteiger partial charge in [0.2, 0.25) is 0 Å².